The maximum atomic E-state index is 16.0. The number of fused-ring (bicyclic) bond motifs is 3. The summed E-state index contributed by atoms with van der Waals surface area (Å²) in [7, 11) is 1.75. The first kappa shape index (κ1) is 24.1. The first-order chi connectivity index (χ1) is 17.7. The van der Waals surface area contributed by atoms with Gasteiger partial charge in [0, 0.05) is 42.7 Å². The summed E-state index contributed by atoms with van der Waals surface area (Å²) >= 11 is 0. The van der Waals surface area contributed by atoms with Crippen molar-refractivity contribution in [2.24, 2.45) is 4.99 Å². The largest absolute Gasteiger partial charge is 0.357 e. The maximum Gasteiger partial charge on any atom is 0.274 e. The van der Waals surface area contributed by atoms with Crippen molar-refractivity contribution in [2.45, 2.75) is 26.2 Å². The predicted molar refractivity (Wildman–Crippen MR) is 141 cm³/mol. The van der Waals surface area contributed by atoms with Crippen LogP contribution in [-0.2, 0) is 5.41 Å². The molecule has 3 aromatic rings. The Balaban J connectivity index is 1.53. The molecule has 0 saturated heterocycles. The standard InChI is InChI=1S/C27H25FN8O/c1-15-5-6-19(34-25(37)20-12-17(7-8-31-20)27(2,3)14-29)22(28)21(15)18-11-16-13-33-26(30-4)35-23(16)36-10-9-32-24(18)36/h5-8,11-13H,9-10H2,1-4H3,(H,34,37)(H,30,33,35). The molecule has 0 unspecified atom stereocenters. The van der Waals surface area contributed by atoms with Gasteiger partial charge in [0.1, 0.15) is 17.3 Å². The molecule has 0 radical (unpaired) electrons. The first-order valence-corrected chi connectivity index (χ1v) is 11.8. The molecule has 2 aliphatic rings. The number of rotatable bonds is 5. The number of nitrogens with zero attached hydrogens (tertiary/aromatic N) is 6. The van der Waals surface area contributed by atoms with Crippen LogP contribution in [-0.4, -0.2) is 46.8 Å². The lowest BCUT2D eigenvalue weighted by Gasteiger charge is -2.28. The minimum Gasteiger partial charge on any atom is -0.357 e. The van der Waals surface area contributed by atoms with Crippen LogP contribution in [0.25, 0.3) is 11.6 Å². The van der Waals surface area contributed by atoms with Crippen molar-refractivity contribution in [1.82, 2.24) is 15.0 Å². The second-order valence-electron chi connectivity index (χ2n) is 9.38. The second kappa shape index (κ2) is 9.09. The van der Waals surface area contributed by atoms with Crippen molar-refractivity contribution in [1.29, 1.82) is 5.26 Å². The lowest BCUT2D eigenvalue weighted by Crippen LogP contribution is -2.33. The van der Waals surface area contributed by atoms with Gasteiger partial charge in [-0.3, -0.25) is 14.8 Å². The normalized spacial score (nSPS) is 14.2. The highest BCUT2D eigenvalue weighted by Crippen LogP contribution is 2.38. The van der Waals surface area contributed by atoms with Crippen molar-refractivity contribution in [2.75, 3.05) is 35.7 Å². The fourth-order valence-corrected chi connectivity index (χ4v) is 4.40. The van der Waals surface area contributed by atoms with E-state index in [9.17, 15) is 10.1 Å². The highest BCUT2D eigenvalue weighted by Gasteiger charge is 2.33. The second-order valence-corrected chi connectivity index (χ2v) is 9.38. The number of aryl methyl sites for hydroxylation is 1. The highest BCUT2D eigenvalue weighted by atomic mass is 19.1. The number of pyridine rings is 1. The highest BCUT2D eigenvalue weighted by molar-refractivity contribution is 6.36. The molecule has 1 amide bonds. The van der Waals surface area contributed by atoms with E-state index >= 15 is 4.39 Å². The van der Waals surface area contributed by atoms with E-state index < -0.39 is 17.1 Å². The van der Waals surface area contributed by atoms with E-state index in [0.717, 1.165) is 5.56 Å². The number of aliphatic imine (C=N–C) groups is 1. The number of nitriles is 1. The van der Waals surface area contributed by atoms with Gasteiger partial charge in [0.05, 0.1) is 23.7 Å². The molecule has 0 bridgehead atoms. The van der Waals surface area contributed by atoms with E-state index in [1.807, 2.05) is 17.9 Å². The van der Waals surface area contributed by atoms with E-state index in [1.54, 1.807) is 45.3 Å². The Morgan fingerprint density at radius 2 is 2.05 bits per heavy atom. The number of carbonyl (C=O) groups is 1. The summed E-state index contributed by atoms with van der Waals surface area (Å²) in [6.07, 6.45) is 5.00. The Kier molecular flexibility index (Phi) is 5.91. The number of amidine groups is 1. The predicted octanol–water partition coefficient (Wildman–Crippen LogP) is 4.19. The number of anilines is 3. The average molecular weight is 497 g/mol. The molecule has 0 atom stereocenters. The molecular weight excluding hydrogens is 471 g/mol. The molecule has 37 heavy (non-hydrogen) atoms. The molecule has 5 rings (SSSR count). The number of nitrogens with one attached hydrogen (secondary N) is 2. The van der Waals surface area contributed by atoms with E-state index in [4.69, 9.17) is 0 Å². The number of halogens is 1. The summed E-state index contributed by atoms with van der Waals surface area (Å²) in [5, 5.41) is 15.0. The molecule has 0 spiro atoms. The summed E-state index contributed by atoms with van der Waals surface area (Å²) in [4.78, 5) is 32.6. The van der Waals surface area contributed by atoms with Gasteiger partial charge in [-0.25, -0.2) is 9.37 Å². The van der Waals surface area contributed by atoms with Gasteiger partial charge in [-0.1, -0.05) is 6.07 Å². The van der Waals surface area contributed by atoms with E-state index in [1.165, 1.54) is 12.3 Å². The first-order valence-electron chi connectivity index (χ1n) is 11.8. The van der Waals surface area contributed by atoms with E-state index in [-0.39, 0.29) is 11.4 Å². The van der Waals surface area contributed by atoms with Gasteiger partial charge in [0.15, 0.2) is 5.82 Å². The van der Waals surface area contributed by atoms with Gasteiger partial charge in [-0.05, 0) is 56.2 Å². The molecule has 0 aliphatic carbocycles. The topological polar surface area (TPSA) is 119 Å². The zero-order valence-electron chi connectivity index (χ0n) is 20.9. The van der Waals surface area contributed by atoms with Gasteiger partial charge < -0.3 is 15.5 Å². The fraction of sp³-hybridized carbons (Fsp3) is 0.259. The number of carbonyl (C=O) groups excluding carboxylic acids is 1. The molecule has 1 aromatic carbocycles. The van der Waals surface area contributed by atoms with Crippen molar-refractivity contribution in [3.8, 4) is 6.07 Å². The zero-order valence-corrected chi connectivity index (χ0v) is 20.9. The number of hydrogen-bond acceptors (Lipinski definition) is 8. The molecule has 2 aromatic heterocycles. The number of aromatic nitrogens is 3. The van der Waals surface area contributed by atoms with Crippen LogP contribution >= 0.6 is 0 Å². The van der Waals surface area contributed by atoms with E-state index in [0.29, 0.717) is 53.0 Å². The van der Waals surface area contributed by atoms with Crippen molar-refractivity contribution in [3.05, 3.63) is 70.4 Å². The van der Waals surface area contributed by atoms with E-state index in [2.05, 4.69) is 36.6 Å². The Morgan fingerprint density at radius 3 is 2.81 bits per heavy atom. The summed E-state index contributed by atoms with van der Waals surface area (Å²) < 4.78 is 16.0. The third kappa shape index (κ3) is 4.18. The summed E-state index contributed by atoms with van der Waals surface area (Å²) in [6.45, 7) is 6.51. The van der Waals surface area contributed by atoms with Crippen LogP contribution in [0.1, 0.15) is 46.6 Å². The van der Waals surface area contributed by atoms with Crippen LogP contribution in [0.3, 0.4) is 0 Å². The maximum absolute atomic E-state index is 16.0. The third-order valence-corrected chi connectivity index (χ3v) is 6.52. The minimum atomic E-state index is -0.796. The van der Waals surface area contributed by atoms with Crippen LogP contribution in [0.4, 0.5) is 21.8 Å². The lowest BCUT2D eigenvalue weighted by molar-refractivity contribution is 0.102. The van der Waals surface area contributed by atoms with Crippen LogP contribution in [0.2, 0.25) is 0 Å². The Labute approximate surface area is 213 Å². The SMILES string of the molecule is CNc1ncc2c(n1)N1CCN=C1C(c1c(C)ccc(NC(=O)c3cc(C(C)(C)C#N)ccn3)c1F)=C2. The lowest BCUT2D eigenvalue weighted by atomic mass is 9.86. The molecule has 0 saturated carbocycles. The summed E-state index contributed by atoms with van der Waals surface area (Å²) in [5.74, 6) is 0.698. The monoisotopic (exact) mass is 496 g/mol. The Morgan fingerprint density at radius 1 is 1.24 bits per heavy atom. The van der Waals surface area contributed by atoms with Crippen molar-refractivity contribution < 1.29 is 9.18 Å². The summed E-state index contributed by atoms with van der Waals surface area (Å²) in [6, 6.07) is 8.74. The molecule has 2 N–H and O–H groups in total. The van der Waals surface area contributed by atoms with Gasteiger partial charge in [-0.2, -0.15) is 10.2 Å². The quantitative estimate of drug-likeness (QED) is 0.544. The molecule has 2 aliphatic heterocycles. The van der Waals surface area contributed by atoms with Gasteiger partial charge in [-0.15, -0.1) is 0 Å². The van der Waals surface area contributed by atoms with Crippen LogP contribution in [0, 0.1) is 24.1 Å². The van der Waals surface area contributed by atoms with Crippen molar-refractivity contribution >= 4 is 40.8 Å². The molecule has 0 fully saturated rings. The smallest absolute Gasteiger partial charge is 0.274 e. The fourth-order valence-electron chi connectivity index (χ4n) is 4.40. The van der Waals surface area contributed by atoms with Gasteiger partial charge in [0.25, 0.3) is 5.91 Å². The minimum absolute atomic E-state index is 0.0240. The van der Waals surface area contributed by atoms with Crippen molar-refractivity contribution in [3.63, 3.8) is 0 Å². The van der Waals surface area contributed by atoms with Crippen LogP contribution < -0.4 is 15.5 Å². The van der Waals surface area contributed by atoms with Gasteiger partial charge >= 0.3 is 0 Å². The number of amides is 1. The molecule has 10 heteroatoms. The Hall–Kier alpha value is -4.65. The molecular formula is C27H25FN8O. The average Bonchev–Trinajstić information content (AvgIpc) is 3.41. The van der Waals surface area contributed by atoms with Crippen LogP contribution in [0.5, 0.6) is 0 Å². The Bertz CT molecular complexity index is 1540. The number of hydrogen-bond donors (Lipinski definition) is 2. The third-order valence-electron chi connectivity index (χ3n) is 6.52. The van der Waals surface area contributed by atoms with Crippen LogP contribution in [0.15, 0.2) is 41.7 Å². The zero-order chi connectivity index (χ0) is 26.3. The molecule has 186 valence electrons. The number of benzene rings is 1. The summed E-state index contributed by atoms with van der Waals surface area (Å²) in [5.41, 5.74) is 2.37. The molecule has 9 nitrogen and oxygen atoms in total. The van der Waals surface area contributed by atoms with Gasteiger partial charge in [0.2, 0.25) is 5.95 Å². The molecule has 4 heterocycles.